The van der Waals surface area contributed by atoms with Gasteiger partial charge in [0.05, 0.1) is 5.69 Å². The van der Waals surface area contributed by atoms with E-state index in [2.05, 4.69) is 44.8 Å². The number of nitrogens with zero attached hydrogens (tertiary/aromatic N) is 2. The molecule has 4 heteroatoms. The van der Waals surface area contributed by atoms with Crippen LogP contribution in [0.15, 0.2) is 0 Å². The molecule has 1 aromatic rings. The Morgan fingerprint density at radius 3 is 2.71 bits per heavy atom. The van der Waals surface area contributed by atoms with Crippen molar-refractivity contribution in [2.75, 3.05) is 11.4 Å². The van der Waals surface area contributed by atoms with Crippen LogP contribution in [0.1, 0.15) is 70.4 Å². The van der Waals surface area contributed by atoms with Crippen LogP contribution in [-0.4, -0.2) is 23.1 Å². The van der Waals surface area contributed by atoms with Crippen LogP contribution in [0.2, 0.25) is 0 Å². The molecular weight excluding hydrogens is 278 g/mol. The van der Waals surface area contributed by atoms with E-state index in [1.165, 1.54) is 54.4 Å². The first kappa shape index (κ1) is 16.8. The van der Waals surface area contributed by atoms with Crippen molar-refractivity contribution in [1.82, 2.24) is 10.3 Å². The normalized spacial score (nSPS) is 20.6. The van der Waals surface area contributed by atoms with Crippen molar-refractivity contribution in [2.24, 2.45) is 0 Å². The Hall–Kier alpha value is -0.610. The Balaban J connectivity index is 2.12. The molecule has 0 radical (unpaired) electrons. The smallest absolute Gasteiger partial charge is 0.186 e. The zero-order valence-corrected chi connectivity index (χ0v) is 15.1. The molecule has 0 aromatic carbocycles. The molecule has 1 unspecified atom stereocenters. The van der Waals surface area contributed by atoms with E-state index in [0.29, 0.717) is 6.04 Å². The van der Waals surface area contributed by atoms with E-state index in [-0.39, 0.29) is 5.54 Å². The van der Waals surface area contributed by atoms with Crippen LogP contribution in [0.3, 0.4) is 0 Å². The summed E-state index contributed by atoms with van der Waals surface area (Å²) in [4.78, 5) is 8.84. The zero-order chi connectivity index (χ0) is 15.5. The van der Waals surface area contributed by atoms with Gasteiger partial charge in [-0.25, -0.2) is 4.98 Å². The molecule has 0 bridgehead atoms. The summed E-state index contributed by atoms with van der Waals surface area (Å²) in [5.74, 6) is 0. The van der Waals surface area contributed by atoms with Gasteiger partial charge in [0, 0.05) is 29.5 Å². The van der Waals surface area contributed by atoms with Gasteiger partial charge in [0.1, 0.15) is 0 Å². The highest BCUT2D eigenvalue weighted by molar-refractivity contribution is 7.15. The van der Waals surface area contributed by atoms with Gasteiger partial charge in [-0.05, 0) is 47.0 Å². The van der Waals surface area contributed by atoms with Crippen molar-refractivity contribution in [2.45, 2.75) is 84.8 Å². The Labute approximate surface area is 134 Å². The molecule has 2 heterocycles. The summed E-state index contributed by atoms with van der Waals surface area (Å²) in [6.07, 6.45) is 6.61. The maximum atomic E-state index is 4.88. The second-order valence-corrected chi connectivity index (χ2v) is 8.28. The lowest BCUT2D eigenvalue weighted by Crippen LogP contribution is -2.35. The Bertz CT molecular complexity index is 447. The number of anilines is 1. The van der Waals surface area contributed by atoms with Crippen LogP contribution in [0.25, 0.3) is 0 Å². The third-order valence-corrected chi connectivity index (χ3v) is 5.45. The number of hydrogen-bond donors (Lipinski definition) is 1. The van der Waals surface area contributed by atoms with Gasteiger partial charge in [-0.3, -0.25) is 0 Å². The number of nitrogens with one attached hydrogen (secondary N) is 1. The average molecular weight is 310 g/mol. The topological polar surface area (TPSA) is 28.2 Å². The average Bonchev–Trinajstić information content (AvgIpc) is 2.63. The quantitative estimate of drug-likeness (QED) is 0.887. The maximum Gasteiger partial charge on any atom is 0.186 e. The first-order valence-electron chi connectivity index (χ1n) is 8.38. The van der Waals surface area contributed by atoms with Gasteiger partial charge in [0.25, 0.3) is 0 Å². The third-order valence-electron chi connectivity index (χ3n) is 4.25. The second kappa shape index (κ2) is 7.10. The molecule has 1 aliphatic rings. The summed E-state index contributed by atoms with van der Waals surface area (Å²) >= 11 is 1.89. The lowest BCUT2D eigenvalue weighted by Gasteiger charge is -2.28. The summed E-state index contributed by atoms with van der Waals surface area (Å²) in [5.41, 5.74) is 1.36. The molecule has 1 atom stereocenters. The largest absolute Gasteiger partial charge is 0.345 e. The molecule has 0 spiro atoms. The van der Waals surface area contributed by atoms with E-state index >= 15 is 0 Å². The maximum absolute atomic E-state index is 4.88. The van der Waals surface area contributed by atoms with Crippen molar-refractivity contribution >= 4 is 16.5 Å². The molecule has 3 nitrogen and oxygen atoms in total. The second-order valence-electron chi connectivity index (χ2n) is 7.21. The lowest BCUT2D eigenvalue weighted by atomic mass is 10.1. The van der Waals surface area contributed by atoms with E-state index in [1.807, 2.05) is 11.3 Å². The molecule has 120 valence electrons. The van der Waals surface area contributed by atoms with Gasteiger partial charge in [0.2, 0.25) is 0 Å². The van der Waals surface area contributed by atoms with Crippen LogP contribution in [-0.2, 0) is 6.54 Å². The van der Waals surface area contributed by atoms with Gasteiger partial charge < -0.3 is 10.2 Å². The van der Waals surface area contributed by atoms with E-state index in [0.717, 1.165) is 6.54 Å². The Morgan fingerprint density at radius 1 is 1.29 bits per heavy atom. The SMILES string of the molecule is CCC1CCCCCN1c1nc(C)c(CNC(C)(C)C)s1. The van der Waals surface area contributed by atoms with Gasteiger partial charge in [-0.15, -0.1) is 11.3 Å². The fourth-order valence-corrected chi connectivity index (χ4v) is 4.00. The van der Waals surface area contributed by atoms with Crippen LogP contribution in [0, 0.1) is 6.92 Å². The van der Waals surface area contributed by atoms with Gasteiger partial charge >= 0.3 is 0 Å². The van der Waals surface area contributed by atoms with Crippen LogP contribution in [0.5, 0.6) is 0 Å². The Kier molecular flexibility index (Phi) is 5.67. The number of thiazole rings is 1. The molecule has 1 aromatic heterocycles. The monoisotopic (exact) mass is 309 g/mol. The summed E-state index contributed by atoms with van der Waals surface area (Å²) in [6, 6.07) is 0.682. The molecule has 0 aliphatic carbocycles. The summed E-state index contributed by atoms with van der Waals surface area (Å²) in [7, 11) is 0. The fourth-order valence-electron chi connectivity index (χ4n) is 2.90. The minimum atomic E-state index is 0.158. The first-order valence-corrected chi connectivity index (χ1v) is 9.20. The molecule has 21 heavy (non-hydrogen) atoms. The summed E-state index contributed by atoms with van der Waals surface area (Å²) < 4.78 is 0. The number of rotatable bonds is 4. The molecule has 2 rings (SSSR count). The van der Waals surface area contributed by atoms with Crippen LogP contribution in [0.4, 0.5) is 5.13 Å². The minimum absolute atomic E-state index is 0.158. The van der Waals surface area contributed by atoms with Crippen molar-refractivity contribution in [1.29, 1.82) is 0 Å². The van der Waals surface area contributed by atoms with Gasteiger partial charge in [-0.2, -0.15) is 0 Å². The standard InChI is InChI=1S/C17H31N3S/c1-6-14-10-8-7-9-11-20(14)16-19-13(2)15(21-16)12-18-17(3,4)5/h14,18H,6-12H2,1-5H3. The molecular formula is C17H31N3S. The van der Waals surface area contributed by atoms with E-state index < -0.39 is 0 Å². The molecule has 1 N–H and O–H groups in total. The van der Waals surface area contributed by atoms with E-state index in [1.54, 1.807) is 0 Å². The van der Waals surface area contributed by atoms with Crippen molar-refractivity contribution in [3.63, 3.8) is 0 Å². The fraction of sp³-hybridized carbons (Fsp3) is 0.824. The first-order chi connectivity index (χ1) is 9.90. The summed E-state index contributed by atoms with van der Waals surface area (Å²) in [5, 5.41) is 4.83. The lowest BCUT2D eigenvalue weighted by molar-refractivity contribution is 0.425. The zero-order valence-electron chi connectivity index (χ0n) is 14.3. The predicted octanol–water partition coefficient (Wildman–Crippen LogP) is 4.50. The number of aromatic nitrogens is 1. The summed E-state index contributed by atoms with van der Waals surface area (Å²) in [6.45, 7) is 13.2. The molecule has 1 saturated heterocycles. The molecule has 1 aliphatic heterocycles. The van der Waals surface area contributed by atoms with Crippen LogP contribution >= 0.6 is 11.3 Å². The van der Waals surface area contributed by atoms with Gasteiger partial charge in [-0.1, -0.05) is 19.8 Å². The van der Waals surface area contributed by atoms with Crippen molar-refractivity contribution in [3.05, 3.63) is 10.6 Å². The van der Waals surface area contributed by atoms with Crippen molar-refractivity contribution < 1.29 is 0 Å². The highest BCUT2D eigenvalue weighted by atomic mass is 32.1. The molecule has 1 fully saturated rings. The number of aryl methyl sites for hydroxylation is 1. The highest BCUT2D eigenvalue weighted by Gasteiger charge is 2.23. The molecule has 0 saturated carbocycles. The Morgan fingerprint density at radius 2 is 2.05 bits per heavy atom. The number of hydrogen-bond acceptors (Lipinski definition) is 4. The highest BCUT2D eigenvalue weighted by Crippen LogP contribution is 2.31. The molecule has 0 amide bonds. The van der Waals surface area contributed by atoms with E-state index in [9.17, 15) is 0 Å². The van der Waals surface area contributed by atoms with Crippen molar-refractivity contribution in [3.8, 4) is 0 Å². The predicted molar refractivity (Wildman–Crippen MR) is 93.3 cm³/mol. The minimum Gasteiger partial charge on any atom is -0.345 e. The van der Waals surface area contributed by atoms with Gasteiger partial charge in [0.15, 0.2) is 5.13 Å². The third kappa shape index (κ3) is 4.68. The van der Waals surface area contributed by atoms with Crippen LogP contribution < -0.4 is 10.2 Å². The van der Waals surface area contributed by atoms with E-state index in [4.69, 9.17) is 4.98 Å².